The number of nitrogens with two attached hydrogens (primary N) is 1. The fourth-order valence-electron chi connectivity index (χ4n) is 2.91. The molecular formula is C18H21N3O5S2. The van der Waals surface area contributed by atoms with Crippen LogP contribution in [0.3, 0.4) is 0 Å². The smallest absolute Gasteiger partial charge is 0.256 e. The SMILES string of the molecule is CN(CC1CCCO1)S(=O)(=O)c1ccc(C(=O)Nc2sccc2C(N)=O)cc1. The van der Waals surface area contributed by atoms with Gasteiger partial charge in [-0.2, -0.15) is 4.31 Å². The van der Waals surface area contributed by atoms with Crippen LogP contribution in [-0.4, -0.2) is 50.8 Å². The molecule has 1 atom stereocenters. The van der Waals surface area contributed by atoms with E-state index in [1.165, 1.54) is 53.0 Å². The fraction of sp³-hybridized carbons (Fsp3) is 0.333. The van der Waals surface area contributed by atoms with Crippen molar-refractivity contribution in [3.63, 3.8) is 0 Å². The number of thiophene rings is 1. The van der Waals surface area contributed by atoms with Gasteiger partial charge in [0.25, 0.3) is 11.8 Å². The molecule has 28 heavy (non-hydrogen) atoms. The molecule has 0 aliphatic carbocycles. The lowest BCUT2D eigenvalue weighted by Crippen LogP contribution is -2.34. The average Bonchev–Trinajstić information content (AvgIpc) is 3.33. The summed E-state index contributed by atoms with van der Waals surface area (Å²) < 4.78 is 32.2. The summed E-state index contributed by atoms with van der Waals surface area (Å²) in [7, 11) is -2.16. The largest absolute Gasteiger partial charge is 0.377 e. The number of ether oxygens (including phenoxy) is 1. The average molecular weight is 424 g/mol. The van der Waals surface area contributed by atoms with Gasteiger partial charge in [-0.15, -0.1) is 11.3 Å². The predicted molar refractivity (Wildman–Crippen MR) is 106 cm³/mol. The van der Waals surface area contributed by atoms with Gasteiger partial charge in [0.2, 0.25) is 10.0 Å². The Hall–Kier alpha value is -2.27. The Morgan fingerprint density at radius 1 is 1.29 bits per heavy atom. The maximum Gasteiger partial charge on any atom is 0.256 e. The Balaban J connectivity index is 1.70. The molecule has 0 bridgehead atoms. The van der Waals surface area contributed by atoms with Crippen LogP contribution in [0.2, 0.25) is 0 Å². The first-order chi connectivity index (χ1) is 13.3. The van der Waals surface area contributed by atoms with Crippen LogP contribution in [0.15, 0.2) is 40.6 Å². The number of hydrogen-bond donors (Lipinski definition) is 2. The maximum atomic E-state index is 12.7. The van der Waals surface area contributed by atoms with Crippen LogP contribution in [0.4, 0.5) is 5.00 Å². The first kappa shape index (κ1) is 20.5. The molecule has 1 fully saturated rings. The van der Waals surface area contributed by atoms with Crippen molar-refractivity contribution in [1.82, 2.24) is 4.31 Å². The third-order valence-electron chi connectivity index (χ3n) is 4.47. The van der Waals surface area contributed by atoms with Gasteiger partial charge in [-0.1, -0.05) is 0 Å². The topological polar surface area (TPSA) is 119 Å². The number of nitrogens with zero attached hydrogens (tertiary/aromatic N) is 1. The van der Waals surface area contributed by atoms with E-state index in [0.29, 0.717) is 18.2 Å². The van der Waals surface area contributed by atoms with E-state index < -0.39 is 21.8 Å². The van der Waals surface area contributed by atoms with E-state index in [1.54, 1.807) is 5.38 Å². The Morgan fingerprint density at radius 3 is 2.61 bits per heavy atom. The molecule has 1 saturated heterocycles. The molecule has 150 valence electrons. The highest BCUT2D eigenvalue weighted by atomic mass is 32.2. The third kappa shape index (κ3) is 4.41. The van der Waals surface area contributed by atoms with E-state index in [0.717, 1.165) is 12.8 Å². The lowest BCUT2D eigenvalue weighted by atomic mass is 10.2. The minimum atomic E-state index is -3.67. The highest BCUT2D eigenvalue weighted by Gasteiger charge is 2.26. The monoisotopic (exact) mass is 423 g/mol. The van der Waals surface area contributed by atoms with Gasteiger partial charge >= 0.3 is 0 Å². The number of anilines is 1. The summed E-state index contributed by atoms with van der Waals surface area (Å²) in [6.45, 7) is 0.947. The van der Waals surface area contributed by atoms with Gasteiger partial charge in [0.1, 0.15) is 5.00 Å². The number of nitrogens with one attached hydrogen (secondary N) is 1. The summed E-state index contributed by atoms with van der Waals surface area (Å²) in [5.41, 5.74) is 5.76. The normalized spacial score (nSPS) is 17.0. The third-order valence-corrected chi connectivity index (χ3v) is 7.13. The molecule has 3 N–H and O–H groups in total. The summed E-state index contributed by atoms with van der Waals surface area (Å²) in [6.07, 6.45) is 1.69. The van der Waals surface area contributed by atoms with Crippen molar-refractivity contribution in [2.75, 3.05) is 25.5 Å². The molecule has 2 heterocycles. The fourth-order valence-corrected chi connectivity index (χ4v) is 4.90. The molecule has 0 saturated carbocycles. The number of hydrogen-bond acceptors (Lipinski definition) is 6. The molecule has 0 spiro atoms. The van der Waals surface area contributed by atoms with Gasteiger partial charge in [0.05, 0.1) is 16.6 Å². The van der Waals surface area contributed by atoms with Crippen molar-refractivity contribution in [3.05, 3.63) is 46.8 Å². The summed E-state index contributed by atoms with van der Waals surface area (Å²) >= 11 is 1.18. The van der Waals surface area contributed by atoms with Crippen molar-refractivity contribution in [2.24, 2.45) is 5.73 Å². The molecule has 1 aromatic heterocycles. The molecule has 10 heteroatoms. The van der Waals surface area contributed by atoms with E-state index in [-0.39, 0.29) is 22.1 Å². The lowest BCUT2D eigenvalue weighted by Gasteiger charge is -2.20. The van der Waals surface area contributed by atoms with Crippen molar-refractivity contribution >= 4 is 38.2 Å². The summed E-state index contributed by atoms with van der Waals surface area (Å²) in [5.74, 6) is -1.09. The van der Waals surface area contributed by atoms with Gasteiger partial charge in [-0.3, -0.25) is 9.59 Å². The quantitative estimate of drug-likeness (QED) is 0.705. The van der Waals surface area contributed by atoms with E-state index in [4.69, 9.17) is 10.5 Å². The van der Waals surface area contributed by atoms with Crippen molar-refractivity contribution in [1.29, 1.82) is 0 Å². The lowest BCUT2D eigenvalue weighted by molar-refractivity contribution is 0.0978. The molecule has 2 aromatic rings. The second-order valence-corrected chi connectivity index (χ2v) is 9.39. The zero-order valence-corrected chi connectivity index (χ0v) is 16.9. The Morgan fingerprint density at radius 2 is 2.00 bits per heavy atom. The van der Waals surface area contributed by atoms with Crippen molar-refractivity contribution < 1.29 is 22.7 Å². The van der Waals surface area contributed by atoms with E-state index >= 15 is 0 Å². The standard InChI is InChI=1S/C18H21N3O5S2/c1-21(11-13-3-2-9-26-13)28(24,25)14-6-4-12(5-7-14)17(23)20-18-15(16(19)22)8-10-27-18/h4-8,10,13H,2-3,9,11H2,1H3,(H2,19,22)(H,20,23). The Labute approximate surface area is 167 Å². The van der Waals surface area contributed by atoms with Crippen LogP contribution in [-0.2, 0) is 14.8 Å². The Bertz CT molecular complexity index is 963. The van der Waals surface area contributed by atoms with Crippen molar-refractivity contribution in [3.8, 4) is 0 Å². The second-order valence-electron chi connectivity index (χ2n) is 6.43. The molecule has 1 unspecified atom stereocenters. The van der Waals surface area contributed by atoms with Crippen LogP contribution in [0.25, 0.3) is 0 Å². The van der Waals surface area contributed by atoms with Crippen LogP contribution in [0.5, 0.6) is 0 Å². The van der Waals surface area contributed by atoms with Gasteiger partial charge in [0, 0.05) is 25.8 Å². The molecular weight excluding hydrogens is 402 g/mol. The summed E-state index contributed by atoms with van der Waals surface area (Å²) in [6, 6.07) is 7.17. The van der Waals surface area contributed by atoms with Crippen LogP contribution in [0.1, 0.15) is 33.6 Å². The number of amides is 2. The highest BCUT2D eigenvalue weighted by Crippen LogP contribution is 2.24. The number of likely N-dealkylation sites (N-methyl/N-ethyl adjacent to an activating group) is 1. The highest BCUT2D eigenvalue weighted by molar-refractivity contribution is 7.89. The predicted octanol–water partition coefficient (Wildman–Crippen LogP) is 1.90. The van der Waals surface area contributed by atoms with Crippen LogP contribution < -0.4 is 11.1 Å². The summed E-state index contributed by atoms with van der Waals surface area (Å²) in [5, 5.41) is 4.62. The van der Waals surface area contributed by atoms with E-state index in [1.807, 2.05) is 0 Å². The zero-order chi connectivity index (χ0) is 20.3. The summed E-state index contributed by atoms with van der Waals surface area (Å²) in [4.78, 5) is 23.8. The van der Waals surface area contributed by atoms with E-state index in [2.05, 4.69) is 5.32 Å². The number of primary amides is 1. The first-order valence-corrected chi connectivity index (χ1v) is 11.0. The zero-order valence-electron chi connectivity index (χ0n) is 15.3. The van der Waals surface area contributed by atoms with Gasteiger partial charge in [-0.05, 0) is 48.6 Å². The minimum Gasteiger partial charge on any atom is -0.377 e. The molecule has 1 aliphatic rings. The van der Waals surface area contributed by atoms with E-state index in [9.17, 15) is 18.0 Å². The van der Waals surface area contributed by atoms with Crippen LogP contribution >= 0.6 is 11.3 Å². The van der Waals surface area contributed by atoms with Gasteiger partial charge in [0.15, 0.2) is 0 Å². The molecule has 1 aromatic carbocycles. The molecule has 8 nitrogen and oxygen atoms in total. The minimum absolute atomic E-state index is 0.0879. The number of carbonyl (C=O) groups is 2. The van der Waals surface area contributed by atoms with Crippen molar-refractivity contribution in [2.45, 2.75) is 23.8 Å². The Kier molecular flexibility index (Phi) is 6.14. The number of benzene rings is 1. The number of rotatable bonds is 7. The second kappa shape index (κ2) is 8.39. The van der Waals surface area contributed by atoms with Gasteiger partial charge < -0.3 is 15.8 Å². The molecule has 2 amide bonds. The first-order valence-electron chi connectivity index (χ1n) is 8.65. The molecule has 1 aliphatic heterocycles. The maximum absolute atomic E-state index is 12.7. The number of sulfonamides is 1. The molecule has 3 rings (SSSR count). The van der Waals surface area contributed by atoms with Crippen LogP contribution in [0, 0.1) is 0 Å². The number of carbonyl (C=O) groups excluding carboxylic acids is 2. The van der Waals surface area contributed by atoms with Gasteiger partial charge in [-0.25, -0.2) is 8.42 Å². The molecule has 0 radical (unpaired) electrons.